The van der Waals surface area contributed by atoms with Crippen molar-refractivity contribution in [1.29, 1.82) is 0 Å². The SMILES string of the molecule is Cn1c(-c2ccccc2)cc2c(Nc3ccncn3)nc(Cl)cc21. The molecule has 4 aromatic rings. The summed E-state index contributed by atoms with van der Waals surface area (Å²) in [6.07, 6.45) is 3.17. The van der Waals surface area contributed by atoms with Gasteiger partial charge in [-0.15, -0.1) is 0 Å². The lowest BCUT2D eigenvalue weighted by molar-refractivity contribution is 0.977. The van der Waals surface area contributed by atoms with Crippen LogP contribution in [-0.4, -0.2) is 19.5 Å². The third-order valence-electron chi connectivity index (χ3n) is 3.91. The molecular formula is C18H14ClN5. The van der Waals surface area contributed by atoms with Gasteiger partial charge in [-0.3, -0.25) is 0 Å². The molecule has 0 aliphatic carbocycles. The Kier molecular flexibility index (Phi) is 3.63. The molecule has 3 aromatic heterocycles. The van der Waals surface area contributed by atoms with Gasteiger partial charge in [-0.2, -0.15) is 0 Å². The summed E-state index contributed by atoms with van der Waals surface area (Å²) in [5.41, 5.74) is 3.24. The molecule has 24 heavy (non-hydrogen) atoms. The van der Waals surface area contributed by atoms with Crippen molar-refractivity contribution >= 4 is 34.1 Å². The first-order chi connectivity index (χ1) is 11.7. The van der Waals surface area contributed by atoms with Gasteiger partial charge >= 0.3 is 0 Å². The Labute approximate surface area is 144 Å². The average molecular weight is 336 g/mol. The number of hydrogen-bond acceptors (Lipinski definition) is 4. The van der Waals surface area contributed by atoms with Gasteiger partial charge in [-0.1, -0.05) is 41.9 Å². The van der Waals surface area contributed by atoms with E-state index in [1.807, 2.05) is 31.3 Å². The van der Waals surface area contributed by atoms with E-state index in [1.54, 1.807) is 12.3 Å². The van der Waals surface area contributed by atoms with Crippen molar-refractivity contribution < 1.29 is 0 Å². The van der Waals surface area contributed by atoms with Crippen LogP contribution in [0, 0.1) is 0 Å². The lowest BCUT2D eigenvalue weighted by atomic mass is 10.1. The maximum atomic E-state index is 6.22. The number of fused-ring (bicyclic) bond motifs is 1. The van der Waals surface area contributed by atoms with Crippen LogP contribution in [0.5, 0.6) is 0 Å². The molecule has 1 aromatic carbocycles. The molecule has 0 saturated carbocycles. The molecule has 0 bridgehead atoms. The smallest absolute Gasteiger partial charge is 0.142 e. The molecule has 0 aliphatic heterocycles. The number of benzene rings is 1. The molecule has 0 unspecified atom stereocenters. The lowest BCUT2D eigenvalue weighted by Gasteiger charge is -2.07. The van der Waals surface area contributed by atoms with Crippen molar-refractivity contribution in [2.75, 3.05) is 5.32 Å². The highest BCUT2D eigenvalue weighted by atomic mass is 35.5. The number of aryl methyl sites for hydroxylation is 1. The van der Waals surface area contributed by atoms with E-state index in [-0.39, 0.29) is 0 Å². The Hall–Kier alpha value is -2.92. The van der Waals surface area contributed by atoms with Crippen LogP contribution in [0.1, 0.15) is 0 Å². The summed E-state index contributed by atoms with van der Waals surface area (Å²) < 4.78 is 2.11. The maximum absolute atomic E-state index is 6.22. The highest BCUT2D eigenvalue weighted by Gasteiger charge is 2.14. The number of rotatable bonds is 3. The standard InChI is InChI=1S/C18H14ClN5/c1-24-14(12-5-3-2-4-6-12)9-13-15(24)10-16(19)22-18(13)23-17-7-8-20-11-21-17/h2-11H,1H3,(H,20,21,22,23). The van der Waals surface area contributed by atoms with Gasteiger partial charge in [-0.25, -0.2) is 15.0 Å². The van der Waals surface area contributed by atoms with E-state index in [9.17, 15) is 0 Å². The van der Waals surface area contributed by atoms with Crippen molar-refractivity contribution in [2.24, 2.45) is 7.05 Å². The van der Waals surface area contributed by atoms with E-state index in [2.05, 4.69) is 43.0 Å². The van der Waals surface area contributed by atoms with E-state index in [1.165, 1.54) is 6.33 Å². The van der Waals surface area contributed by atoms with Crippen LogP contribution >= 0.6 is 11.6 Å². The predicted molar refractivity (Wildman–Crippen MR) is 96.5 cm³/mol. The number of aromatic nitrogens is 4. The minimum Gasteiger partial charge on any atom is -0.343 e. The molecule has 5 nitrogen and oxygen atoms in total. The van der Waals surface area contributed by atoms with Crippen molar-refractivity contribution in [3.8, 4) is 11.3 Å². The Bertz CT molecular complexity index is 996. The van der Waals surface area contributed by atoms with Gasteiger partial charge in [0, 0.05) is 24.3 Å². The minimum absolute atomic E-state index is 0.430. The van der Waals surface area contributed by atoms with Gasteiger partial charge in [-0.05, 0) is 23.8 Å². The second kappa shape index (κ2) is 5.94. The second-order valence-corrected chi connectivity index (χ2v) is 5.79. The number of pyridine rings is 1. The molecule has 0 radical (unpaired) electrons. The number of anilines is 2. The first-order valence-electron chi connectivity index (χ1n) is 7.47. The normalized spacial score (nSPS) is 10.9. The first kappa shape index (κ1) is 14.7. The van der Waals surface area contributed by atoms with Crippen molar-refractivity contribution in [3.05, 3.63) is 66.2 Å². The second-order valence-electron chi connectivity index (χ2n) is 5.40. The summed E-state index contributed by atoms with van der Waals surface area (Å²) in [6.45, 7) is 0. The van der Waals surface area contributed by atoms with Gasteiger partial charge in [0.25, 0.3) is 0 Å². The Morgan fingerprint density at radius 2 is 1.92 bits per heavy atom. The van der Waals surface area contributed by atoms with E-state index in [0.29, 0.717) is 16.8 Å². The largest absolute Gasteiger partial charge is 0.343 e. The number of nitrogens with one attached hydrogen (secondary N) is 1. The number of hydrogen-bond donors (Lipinski definition) is 1. The van der Waals surface area contributed by atoms with Gasteiger partial charge in [0.15, 0.2) is 0 Å². The van der Waals surface area contributed by atoms with Gasteiger partial charge in [0.2, 0.25) is 0 Å². The van der Waals surface area contributed by atoms with Crippen LogP contribution in [0.4, 0.5) is 11.6 Å². The van der Waals surface area contributed by atoms with Gasteiger partial charge in [0.05, 0.1) is 5.52 Å². The van der Waals surface area contributed by atoms with E-state index in [4.69, 9.17) is 11.6 Å². The van der Waals surface area contributed by atoms with Gasteiger partial charge < -0.3 is 9.88 Å². The molecule has 0 aliphatic rings. The van der Waals surface area contributed by atoms with Crippen molar-refractivity contribution in [2.45, 2.75) is 0 Å². The highest BCUT2D eigenvalue weighted by molar-refractivity contribution is 6.30. The van der Waals surface area contributed by atoms with Crippen LogP contribution in [0.25, 0.3) is 22.2 Å². The monoisotopic (exact) mass is 335 g/mol. The van der Waals surface area contributed by atoms with Crippen molar-refractivity contribution in [1.82, 2.24) is 19.5 Å². The molecule has 0 atom stereocenters. The molecule has 0 amide bonds. The Morgan fingerprint density at radius 1 is 1.08 bits per heavy atom. The predicted octanol–water partition coefficient (Wildman–Crippen LogP) is 4.43. The topological polar surface area (TPSA) is 55.6 Å². The molecule has 118 valence electrons. The fourth-order valence-corrected chi connectivity index (χ4v) is 2.95. The molecule has 6 heteroatoms. The molecule has 0 spiro atoms. The molecule has 1 N–H and O–H groups in total. The zero-order chi connectivity index (χ0) is 16.5. The molecule has 3 heterocycles. The quantitative estimate of drug-likeness (QED) is 0.563. The molecule has 4 rings (SSSR count). The van der Waals surface area contributed by atoms with E-state index in [0.717, 1.165) is 22.2 Å². The van der Waals surface area contributed by atoms with Crippen molar-refractivity contribution in [3.63, 3.8) is 0 Å². The summed E-state index contributed by atoms with van der Waals surface area (Å²) >= 11 is 6.22. The van der Waals surface area contributed by atoms with Crippen LogP contribution in [0.15, 0.2) is 61.1 Å². The number of halogens is 1. The van der Waals surface area contributed by atoms with Crippen LogP contribution < -0.4 is 5.32 Å². The highest BCUT2D eigenvalue weighted by Crippen LogP contribution is 2.33. The fraction of sp³-hybridized carbons (Fsp3) is 0.0556. The Balaban J connectivity index is 1.89. The summed E-state index contributed by atoms with van der Waals surface area (Å²) in [7, 11) is 2.02. The summed E-state index contributed by atoms with van der Waals surface area (Å²) in [4.78, 5) is 12.5. The lowest BCUT2D eigenvalue weighted by Crippen LogP contribution is -1.97. The van der Waals surface area contributed by atoms with E-state index < -0.39 is 0 Å². The minimum atomic E-state index is 0.430. The maximum Gasteiger partial charge on any atom is 0.142 e. The van der Waals surface area contributed by atoms with Crippen LogP contribution in [0.3, 0.4) is 0 Å². The molecule has 0 saturated heterocycles. The van der Waals surface area contributed by atoms with Crippen LogP contribution in [-0.2, 0) is 7.05 Å². The third kappa shape index (κ3) is 2.59. The van der Waals surface area contributed by atoms with Gasteiger partial charge in [0.1, 0.15) is 23.1 Å². The Morgan fingerprint density at radius 3 is 2.67 bits per heavy atom. The molecule has 0 fully saturated rings. The zero-order valence-electron chi connectivity index (χ0n) is 12.9. The summed E-state index contributed by atoms with van der Waals surface area (Å²) in [5, 5.41) is 4.64. The molecular weight excluding hydrogens is 322 g/mol. The zero-order valence-corrected chi connectivity index (χ0v) is 13.7. The third-order valence-corrected chi connectivity index (χ3v) is 4.10. The first-order valence-corrected chi connectivity index (χ1v) is 7.84. The average Bonchev–Trinajstić information content (AvgIpc) is 2.94. The summed E-state index contributed by atoms with van der Waals surface area (Å²) in [5.74, 6) is 1.35. The number of nitrogens with zero attached hydrogens (tertiary/aromatic N) is 4. The van der Waals surface area contributed by atoms with Crippen LogP contribution in [0.2, 0.25) is 5.15 Å². The van der Waals surface area contributed by atoms with E-state index >= 15 is 0 Å². The fourth-order valence-electron chi connectivity index (χ4n) is 2.76. The summed E-state index contributed by atoms with van der Waals surface area (Å²) in [6, 6.07) is 16.0.